The second-order valence-electron chi connectivity index (χ2n) is 5.05. The topological polar surface area (TPSA) is 49.6 Å². The molecule has 1 amide bonds. The van der Waals surface area contributed by atoms with E-state index in [1.807, 2.05) is 6.92 Å². The summed E-state index contributed by atoms with van der Waals surface area (Å²) in [4.78, 5) is 16.8. The molecule has 2 unspecified atom stereocenters. The molecule has 1 saturated heterocycles. The maximum atomic E-state index is 12.4. The highest BCUT2D eigenvalue weighted by Crippen LogP contribution is 2.16. The van der Waals surface area contributed by atoms with Crippen LogP contribution in [-0.4, -0.2) is 55.0 Å². The minimum absolute atomic E-state index is 0.00690. The minimum Gasteiger partial charge on any atom is -0.338 e. The Balaban J connectivity index is 2.74. The third kappa shape index (κ3) is 3.68. The van der Waals surface area contributed by atoms with Crippen LogP contribution < -0.4 is 5.73 Å². The normalized spacial score (nSPS) is 24.5. The molecule has 100 valence electrons. The first-order chi connectivity index (χ1) is 8.13. The summed E-state index contributed by atoms with van der Waals surface area (Å²) in [6.45, 7) is 7.63. The van der Waals surface area contributed by atoms with Gasteiger partial charge in [0.25, 0.3) is 0 Å². The smallest absolute Gasteiger partial charge is 0.227 e. The lowest BCUT2D eigenvalue weighted by Gasteiger charge is -2.32. The highest BCUT2D eigenvalue weighted by atomic mass is 16.2. The zero-order valence-electron chi connectivity index (χ0n) is 11.5. The molecule has 0 aromatic heterocycles. The van der Waals surface area contributed by atoms with Gasteiger partial charge in [-0.05, 0) is 32.9 Å². The summed E-state index contributed by atoms with van der Waals surface area (Å²) >= 11 is 0. The van der Waals surface area contributed by atoms with Gasteiger partial charge in [-0.1, -0.05) is 13.8 Å². The summed E-state index contributed by atoms with van der Waals surface area (Å²) in [6, 6.07) is 0.357. The van der Waals surface area contributed by atoms with Crippen molar-refractivity contribution in [2.24, 2.45) is 11.7 Å². The van der Waals surface area contributed by atoms with E-state index in [-0.39, 0.29) is 11.8 Å². The maximum absolute atomic E-state index is 12.4. The second-order valence-corrected chi connectivity index (χ2v) is 5.05. The van der Waals surface area contributed by atoms with Gasteiger partial charge in [0.2, 0.25) is 5.91 Å². The first kappa shape index (κ1) is 14.5. The highest BCUT2D eigenvalue weighted by molar-refractivity contribution is 5.79. The van der Waals surface area contributed by atoms with E-state index < -0.39 is 0 Å². The van der Waals surface area contributed by atoms with E-state index in [2.05, 4.69) is 23.8 Å². The van der Waals surface area contributed by atoms with Crippen molar-refractivity contribution in [3.05, 3.63) is 0 Å². The van der Waals surface area contributed by atoms with Crippen molar-refractivity contribution in [2.75, 3.05) is 33.2 Å². The molecule has 1 aliphatic rings. The average Bonchev–Trinajstić information content (AvgIpc) is 2.51. The molecule has 1 rings (SSSR count). The third-order valence-electron chi connectivity index (χ3n) is 3.78. The Morgan fingerprint density at radius 1 is 1.41 bits per heavy atom. The van der Waals surface area contributed by atoms with Gasteiger partial charge in [0.1, 0.15) is 0 Å². The number of hydrogen-bond acceptors (Lipinski definition) is 3. The number of carbonyl (C=O) groups is 1. The van der Waals surface area contributed by atoms with Gasteiger partial charge in [-0.15, -0.1) is 0 Å². The minimum atomic E-state index is 0.00690. The van der Waals surface area contributed by atoms with E-state index in [1.165, 1.54) is 0 Å². The third-order valence-corrected chi connectivity index (χ3v) is 3.78. The van der Waals surface area contributed by atoms with E-state index in [0.29, 0.717) is 12.6 Å². The zero-order chi connectivity index (χ0) is 12.8. The van der Waals surface area contributed by atoms with Gasteiger partial charge in [0.15, 0.2) is 0 Å². The van der Waals surface area contributed by atoms with Gasteiger partial charge in [-0.3, -0.25) is 4.79 Å². The average molecular weight is 241 g/mol. The van der Waals surface area contributed by atoms with E-state index in [9.17, 15) is 4.79 Å². The molecule has 1 aliphatic heterocycles. The maximum Gasteiger partial charge on any atom is 0.227 e. The molecular weight excluding hydrogens is 214 g/mol. The molecule has 0 radical (unpaired) electrons. The van der Waals surface area contributed by atoms with Crippen molar-refractivity contribution in [3.63, 3.8) is 0 Å². The number of likely N-dealkylation sites (N-methyl/N-ethyl adjacent to an activating group) is 1. The van der Waals surface area contributed by atoms with Gasteiger partial charge in [-0.25, -0.2) is 0 Å². The fourth-order valence-electron chi connectivity index (χ4n) is 2.56. The Labute approximate surface area is 105 Å². The Morgan fingerprint density at radius 3 is 2.65 bits per heavy atom. The quantitative estimate of drug-likeness (QED) is 0.796. The van der Waals surface area contributed by atoms with Crippen LogP contribution in [0.3, 0.4) is 0 Å². The largest absolute Gasteiger partial charge is 0.338 e. The number of amides is 1. The van der Waals surface area contributed by atoms with Crippen LogP contribution in [-0.2, 0) is 4.79 Å². The number of carbonyl (C=O) groups excluding carboxylic acids is 1. The molecule has 17 heavy (non-hydrogen) atoms. The number of nitrogens with two attached hydrogens (primary N) is 1. The van der Waals surface area contributed by atoms with Gasteiger partial charge in [-0.2, -0.15) is 0 Å². The van der Waals surface area contributed by atoms with Crippen molar-refractivity contribution in [2.45, 2.75) is 39.2 Å². The summed E-state index contributed by atoms with van der Waals surface area (Å²) in [5.41, 5.74) is 5.69. The van der Waals surface area contributed by atoms with Crippen LogP contribution >= 0.6 is 0 Å². The SMILES string of the molecule is CCC(CN)C(=O)N1CCCN(C)CC1CC. The lowest BCUT2D eigenvalue weighted by molar-refractivity contribution is -0.137. The summed E-state index contributed by atoms with van der Waals surface area (Å²) in [6.07, 6.45) is 2.94. The monoisotopic (exact) mass is 241 g/mol. The summed E-state index contributed by atoms with van der Waals surface area (Å²) in [7, 11) is 2.14. The van der Waals surface area contributed by atoms with Crippen LogP contribution in [0.2, 0.25) is 0 Å². The number of hydrogen-bond donors (Lipinski definition) is 1. The van der Waals surface area contributed by atoms with Crippen LogP contribution in [0, 0.1) is 5.92 Å². The van der Waals surface area contributed by atoms with E-state index in [4.69, 9.17) is 5.73 Å². The molecule has 2 N–H and O–H groups in total. The fourth-order valence-corrected chi connectivity index (χ4v) is 2.56. The first-order valence-corrected chi connectivity index (χ1v) is 6.83. The second kappa shape index (κ2) is 6.97. The van der Waals surface area contributed by atoms with Crippen molar-refractivity contribution in [3.8, 4) is 0 Å². The standard InChI is InChI=1S/C13H27N3O/c1-4-11(9-14)13(17)16-8-6-7-15(3)10-12(16)5-2/h11-12H,4-10,14H2,1-3H3. The summed E-state index contributed by atoms with van der Waals surface area (Å²) in [5.74, 6) is 0.268. The van der Waals surface area contributed by atoms with Gasteiger partial charge in [0.05, 0.1) is 5.92 Å². The van der Waals surface area contributed by atoms with E-state index in [0.717, 1.165) is 38.9 Å². The molecule has 0 aromatic carbocycles. The van der Waals surface area contributed by atoms with Gasteiger partial charge < -0.3 is 15.5 Å². The lowest BCUT2D eigenvalue weighted by atomic mass is 10.0. The summed E-state index contributed by atoms with van der Waals surface area (Å²) in [5, 5.41) is 0. The Bertz CT molecular complexity index is 241. The first-order valence-electron chi connectivity index (χ1n) is 6.83. The Morgan fingerprint density at radius 2 is 2.12 bits per heavy atom. The molecule has 4 heteroatoms. The van der Waals surface area contributed by atoms with E-state index in [1.54, 1.807) is 0 Å². The lowest BCUT2D eigenvalue weighted by Crippen LogP contribution is -2.47. The molecule has 0 bridgehead atoms. The number of rotatable bonds is 4. The molecule has 0 spiro atoms. The van der Waals surface area contributed by atoms with Gasteiger partial charge in [0, 0.05) is 25.7 Å². The van der Waals surface area contributed by atoms with Crippen molar-refractivity contribution < 1.29 is 4.79 Å². The van der Waals surface area contributed by atoms with Crippen molar-refractivity contribution in [1.82, 2.24) is 9.80 Å². The van der Waals surface area contributed by atoms with Crippen LogP contribution in [0.25, 0.3) is 0 Å². The zero-order valence-corrected chi connectivity index (χ0v) is 11.5. The van der Waals surface area contributed by atoms with Crippen LogP contribution in [0.1, 0.15) is 33.1 Å². The van der Waals surface area contributed by atoms with Crippen molar-refractivity contribution >= 4 is 5.91 Å². The van der Waals surface area contributed by atoms with Gasteiger partial charge >= 0.3 is 0 Å². The molecule has 0 saturated carbocycles. The Kier molecular flexibility index (Phi) is 5.92. The van der Waals surface area contributed by atoms with E-state index >= 15 is 0 Å². The molecule has 2 atom stereocenters. The fraction of sp³-hybridized carbons (Fsp3) is 0.923. The highest BCUT2D eigenvalue weighted by Gasteiger charge is 2.29. The molecule has 1 heterocycles. The van der Waals surface area contributed by atoms with Crippen LogP contribution in [0.15, 0.2) is 0 Å². The molecule has 1 fully saturated rings. The summed E-state index contributed by atoms with van der Waals surface area (Å²) < 4.78 is 0. The Hall–Kier alpha value is -0.610. The number of nitrogens with zero attached hydrogens (tertiary/aromatic N) is 2. The molecular formula is C13H27N3O. The molecule has 0 aromatic rings. The predicted octanol–water partition coefficient (Wildman–Crippen LogP) is 0.914. The predicted molar refractivity (Wildman–Crippen MR) is 70.7 cm³/mol. The van der Waals surface area contributed by atoms with Crippen LogP contribution in [0.5, 0.6) is 0 Å². The van der Waals surface area contributed by atoms with Crippen LogP contribution in [0.4, 0.5) is 0 Å². The van der Waals surface area contributed by atoms with Crippen molar-refractivity contribution in [1.29, 1.82) is 0 Å². The molecule has 0 aliphatic carbocycles. The molecule has 4 nitrogen and oxygen atoms in total.